The van der Waals surface area contributed by atoms with Gasteiger partial charge in [-0.15, -0.1) is 22.7 Å². The number of quaternary nitrogens is 1. The predicted octanol–water partition coefficient (Wildman–Crippen LogP) is 5.22. The molecule has 5 heterocycles. The van der Waals surface area contributed by atoms with Crippen molar-refractivity contribution in [1.82, 2.24) is 0 Å². The van der Waals surface area contributed by atoms with Gasteiger partial charge in [-0.05, 0) is 41.0 Å². The molecule has 2 aromatic rings. The topological polar surface area (TPSA) is 85.4 Å². The third-order valence-corrected chi connectivity index (χ3v) is 15.5. The van der Waals surface area contributed by atoms with Gasteiger partial charge in [0, 0.05) is 12.8 Å². The summed E-state index contributed by atoms with van der Waals surface area (Å²) in [5, 5.41) is 13.2. The zero-order valence-corrected chi connectivity index (χ0v) is 25.1. The molecule has 0 spiro atoms. The number of fused-ring (bicyclic) bond motifs is 5. The van der Waals surface area contributed by atoms with E-state index < -0.39 is 19.9 Å². The van der Waals surface area contributed by atoms with Crippen molar-refractivity contribution in [2.24, 2.45) is 0 Å². The molecule has 5 rings (SSSR count). The number of nitrogens with zero attached hydrogens (tertiary/aromatic N) is 1. The molecule has 4 unspecified atom stereocenters. The van der Waals surface area contributed by atoms with E-state index in [-0.39, 0.29) is 47.8 Å². The molecule has 3 saturated heterocycles. The number of carbonyl (C=O) groups is 2. The summed E-state index contributed by atoms with van der Waals surface area (Å²) >= 11 is 3.05. The second-order valence-corrected chi connectivity index (χ2v) is 19.0. The summed E-state index contributed by atoms with van der Waals surface area (Å²) < 4.78 is 20.1. The Morgan fingerprint density at radius 1 is 1.08 bits per heavy atom. The minimum Gasteiger partial charge on any atom is -0.481 e. The molecule has 2 aromatic heterocycles. The molecule has 0 aliphatic carbocycles. The van der Waals surface area contributed by atoms with E-state index in [0.29, 0.717) is 23.9 Å². The van der Waals surface area contributed by atoms with Gasteiger partial charge >= 0.3 is 11.9 Å². The summed E-state index contributed by atoms with van der Waals surface area (Å²) in [6, 6.07) is 8.15. The highest BCUT2D eigenvalue weighted by Gasteiger charge is 2.72. The lowest BCUT2D eigenvalue weighted by Crippen LogP contribution is -2.63. The molecule has 0 radical (unpaired) electrons. The molecule has 0 aromatic carbocycles. The minimum absolute atomic E-state index is 0.0982. The zero-order chi connectivity index (χ0) is 26.8. The number of aliphatic carboxylic acids is 1. The maximum absolute atomic E-state index is 14.4. The molecular formula is C27H38NO6S2Si+. The van der Waals surface area contributed by atoms with Gasteiger partial charge in [-0.2, -0.15) is 0 Å². The van der Waals surface area contributed by atoms with Gasteiger partial charge < -0.3 is 23.5 Å². The minimum atomic E-state index is -2.41. The Bertz CT molecular complexity index is 1090. The van der Waals surface area contributed by atoms with Crippen LogP contribution in [-0.4, -0.2) is 73.8 Å². The van der Waals surface area contributed by atoms with Crippen LogP contribution in [0.5, 0.6) is 0 Å². The Kier molecular flexibility index (Phi) is 6.77. The first-order chi connectivity index (χ1) is 17.3. The van der Waals surface area contributed by atoms with Crippen LogP contribution in [0.25, 0.3) is 0 Å². The van der Waals surface area contributed by atoms with E-state index in [1.807, 2.05) is 35.0 Å². The van der Waals surface area contributed by atoms with E-state index in [2.05, 4.69) is 40.9 Å². The lowest BCUT2D eigenvalue weighted by atomic mass is 9.94. The third-order valence-electron chi connectivity index (χ3n) is 9.16. The van der Waals surface area contributed by atoms with Gasteiger partial charge in [0.05, 0.1) is 29.8 Å². The number of piperidine rings is 1. The molecule has 37 heavy (non-hydrogen) atoms. The average molecular weight is 565 g/mol. The monoisotopic (exact) mass is 564 g/mol. The lowest BCUT2D eigenvalue weighted by Gasteiger charge is -2.48. The Labute approximate surface area is 228 Å². The highest BCUT2D eigenvalue weighted by atomic mass is 32.1. The van der Waals surface area contributed by atoms with Crippen molar-refractivity contribution in [2.75, 3.05) is 13.6 Å². The molecule has 0 amide bonds. The second-order valence-electron chi connectivity index (χ2n) is 12.4. The van der Waals surface area contributed by atoms with E-state index in [1.165, 1.54) is 22.7 Å². The van der Waals surface area contributed by atoms with Crippen molar-refractivity contribution in [3.8, 4) is 0 Å². The maximum atomic E-state index is 14.4. The largest absolute Gasteiger partial charge is 0.481 e. The Morgan fingerprint density at radius 2 is 1.62 bits per heavy atom. The van der Waals surface area contributed by atoms with Gasteiger partial charge in [0.25, 0.3) is 0 Å². The highest BCUT2D eigenvalue weighted by molar-refractivity contribution is 7.12. The Hall–Kier alpha value is -1.56. The normalized spacial score (nSPS) is 31.1. The number of morpholine rings is 1. The van der Waals surface area contributed by atoms with E-state index in [4.69, 9.17) is 13.9 Å². The maximum Gasteiger partial charge on any atom is 0.348 e. The molecular weight excluding hydrogens is 527 g/mol. The number of hydrogen-bond acceptors (Lipinski definition) is 7. The van der Waals surface area contributed by atoms with Crippen LogP contribution in [0.3, 0.4) is 0 Å². The van der Waals surface area contributed by atoms with Crippen molar-refractivity contribution < 1.29 is 33.1 Å². The van der Waals surface area contributed by atoms with Gasteiger partial charge in [0.1, 0.15) is 30.4 Å². The fourth-order valence-electron chi connectivity index (χ4n) is 6.01. The number of esters is 1. The molecule has 202 valence electrons. The first-order valence-corrected chi connectivity index (χ1v) is 17.7. The molecule has 3 aliphatic heterocycles. The summed E-state index contributed by atoms with van der Waals surface area (Å²) in [4.78, 5) is 27.4. The second kappa shape index (κ2) is 9.27. The van der Waals surface area contributed by atoms with E-state index in [1.54, 1.807) is 0 Å². The Morgan fingerprint density at radius 3 is 2.05 bits per heavy atom. The van der Waals surface area contributed by atoms with Crippen LogP contribution in [0, 0.1) is 0 Å². The number of rotatable bonds is 9. The van der Waals surface area contributed by atoms with Crippen LogP contribution in [-0.2, 0) is 29.1 Å². The van der Waals surface area contributed by atoms with Crippen molar-refractivity contribution >= 4 is 42.9 Å². The molecule has 7 nitrogen and oxygen atoms in total. The van der Waals surface area contributed by atoms with Gasteiger partial charge in [-0.25, -0.2) is 4.79 Å². The molecule has 0 saturated carbocycles. The van der Waals surface area contributed by atoms with Crippen LogP contribution in [0.4, 0.5) is 0 Å². The number of epoxide rings is 1. The molecule has 3 fully saturated rings. The number of carboxylic acids is 1. The molecule has 4 atom stereocenters. The quantitative estimate of drug-likeness (QED) is 0.195. The van der Waals surface area contributed by atoms with Crippen molar-refractivity contribution in [3.05, 3.63) is 44.8 Å². The van der Waals surface area contributed by atoms with Crippen LogP contribution < -0.4 is 0 Å². The fraction of sp³-hybridized carbons (Fsp3) is 0.630. The molecule has 10 heteroatoms. The zero-order valence-electron chi connectivity index (χ0n) is 22.4. The van der Waals surface area contributed by atoms with Gasteiger partial charge in [-0.3, -0.25) is 4.79 Å². The molecule has 2 bridgehead atoms. The Balaban J connectivity index is 1.45. The summed E-state index contributed by atoms with van der Waals surface area (Å²) in [5.74, 6) is -1.12. The predicted molar refractivity (Wildman–Crippen MR) is 146 cm³/mol. The summed E-state index contributed by atoms with van der Waals surface area (Å²) in [6.07, 6.45) is 1.49. The number of ether oxygens (including phenoxy) is 2. The first kappa shape index (κ1) is 27.0. The highest BCUT2D eigenvalue weighted by Crippen LogP contribution is 2.54. The smallest absolute Gasteiger partial charge is 0.348 e. The van der Waals surface area contributed by atoms with E-state index >= 15 is 0 Å². The summed E-state index contributed by atoms with van der Waals surface area (Å²) in [5.41, 5.74) is -1.30. The van der Waals surface area contributed by atoms with Crippen molar-refractivity contribution in [1.29, 1.82) is 0 Å². The van der Waals surface area contributed by atoms with Gasteiger partial charge in [-0.1, -0.05) is 32.9 Å². The van der Waals surface area contributed by atoms with Crippen LogP contribution in [0.1, 0.15) is 49.8 Å². The molecule has 1 N–H and O–H groups in total. The summed E-state index contributed by atoms with van der Waals surface area (Å²) in [7, 11) is -0.264. The lowest BCUT2D eigenvalue weighted by molar-refractivity contribution is -0.955. The summed E-state index contributed by atoms with van der Waals surface area (Å²) in [6.45, 7) is 11.5. The number of carbonyl (C=O) groups excluding carboxylic acids is 1. The van der Waals surface area contributed by atoms with Gasteiger partial charge in [0.15, 0.2) is 8.32 Å². The van der Waals surface area contributed by atoms with Crippen LogP contribution >= 0.6 is 22.7 Å². The SMILES string of the molecule is CC(C)(C)[Si](C)(C)OC(C(=O)OC1CC2C3OC3C(C1)[N+]2(C)CCC(=O)O)(c1cccs1)c1cccs1. The van der Waals surface area contributed by atoms with E-state index in [9.17, 15) is 14.7 Å². The molecule has 3 aliphatic rings. The standard InChI is InChI=1S/C27H37NO6S2Si/c1-26(2,3)37(5,6)34-27(20-9-7-13-35-20,21-10-8-14-36-21)25(31)32-17-15-18-23-24(33-23)19(16-17)28(18,4)12-11-22(29)30/h7-10,13-14,17-19,23-24H,11-12,15-16H2,1-6H3/p+1. The number of carboxylic acid groups (broad SMARTS) is 1. The number of hydrogen-bond donors (Lipinski definition) is 1. The third kappa shape index (κ3) is 4.53. The van der Waals surface area contributed by atoms with Crippen molar-refractivity contribution in [2.45, 2.75) is 94.2 Å². The fourth-order valence-corrected chi connectivity index (χ4v) is 9.33. The van der Waals surface area contributed by atoms with E-state index in [0.717, 1.165) is 9.75 Å². The number of likely N-dealkylation sites (N-methyl/N-ethyl adjacent to an activating group) is 1. The number of thiophene rings is 2. The van der Waals surface area contributed by atoms with Gasteiger partial charge in [0.2, 0.25) is 5.60 Å². The average Bonchev–Trinajstić information content (AvgIpc) is 3.15. The first-order valence-electron chi connectivity index (χ1n) is 13.0. The van der Waals surface area contributed by atoms with Crippen LogP contribution in [0.15, 0.2) is 35.0 Å². The van der Waals surface area contributed by atoms with Crippen LogP contribution in [0.2, 0.25) is 18.1 Å². The van der Waals surface area contributed by atoms with Crippen molar-refractivity contribution in [3.63, 3.8) is 0 Å².